The summed E-state index contributed by atoms with van der Waals surface area (Å²) in [4.78, 5) is 7.80. The van der Waals surface area contributed by atoms with Crippen LogP contribution in [0.3, 0.4) is 0 Å². The number of benzene rings is 1. The molecule has 0 saturated heterocycles. The van der Waals surface area contributed by atoms with Gasteiger partial charge in [0, 0.05) is 0 Å². The van der Waals surface area contributed by atoms with Crippen LogP contribution in [0.15, 0.2) is 35.0 Å². The van der Waals surface area contributed by atoms with E-state index in [1.54, 1.807) is 18.2 Å². The Morgan fingerprint density at radius 2 is 2.05 bits per heavy atom. The Morgan fingerprint density at radius 1 is 1.24 bits per heavy atom. The van der Waals surface area contributed by atoms with E-state index in [-0.39, 0.29) is 29.0 Å². The highest BCUT2D eigenvalue weighted by Gasteiger charge is 2.19. The number of ether oxygens (including phenoxy) is 2. The number of hydrogen-bond donors (Lipinski definition) is 1. The van der Waals surface area contributed by atoms with E-state index < -0.39 is 0 Å². The van der Waals surface area contributed by atoms with Crippen LogP contribution in [0.4, 0.5) is 5.82 Å². The summed E-state index contributed by atoms with van der Waals surface area (Å²) >= 11 is 0. The van der Waals surface area contributed by atoms with Gasteiger partial charge in [-0.1, -0.05) is 12.1 Å². The summed E-state index contributed by atoms with van der Waals surface area (Å²) in [5, 5.41) is 9.83. The molecule has 7 heteroatoms. The molecule has 2 heterocycles. The number of para-hydroxylation sites is 1. The van der Waals surface area contributed by atoms with E-state index in [0.29, 0.717) is 11.0 Å². The molecule has 0 saturated carbocycles. The van der Waals surface area contributed by atoms with E-state index in [0.717, 1.165) is 0 Å². The topological polar surface area (TPSA) is 107 Å². The molecule has 21 heavy (non-hydrogen) atoms. The Labute approximate surface area is 119 Å². The summed E-state index contributed by atoms with van der Waals surface area (Å²) in [5.74, 6) is 0.786. The number of furan rings is 1. The van der Waals surface area contributed by atoms with Crippen LogP contribution in [0, 0.1) is 11.3 Å². The molecule has 0 aliphatic rings. The van der Waals surface area contributed by atoms with Crippen LogP contribution in [0.1, 0.15) is 5.76 Å². The predicted molar refractivity (Wildman–Crippen MR) is 74.0 cm³/mol. The minimum absolute atomic E-state index is 0.0513. The summed E-state index contributed by atoms with van der Waals surface area (Å²) < 4.78 is 16.2. The number of methoxy groups -OCH3 is 1. The van der Waals surface area contributed by atoms with Crippen LogP contribution in [0.5, 0.6) is 17.4 Å². The summed E-state index contributed by atoms with van der Waals surface area (Å²) in [7, 11) is 1.43. The summed E-state index contributed by atoms with van der Waals surface area (Å²) in [6.07, 6.45) is 1.25. The first-order chi connectivity index (χ1) is 10.2. The number of fused-ring (bicyclic) bond motifs is 1. The van der Waals surface area contributed by atoms with Gasteiger partial charge >= 0.3 is 0 Å². The number of anilines is 1. The number of nitrogens with two attached hydrogens (primary N) is 1. The fraction of sp³-hybridized carbons (Fsp3) is 0.0714. The lowest BCUT2D eigenvalue weighted by molar-refractivity contribution is 0.368. The lowest BCUT2D eigenvalue weighted by atomic mass is 10.2. The van der Waals surface area contributed by atoms with E-state index in [9.17, 15) is 0 Å². The number of nitrogen functional groups attached to an aromatic ring is 1. The van der Waals surface area contributed by atoms with Gasteiger partial charge in [0.2, 0.25) is 11.5 Å². The second-order valence-corrected chi connectivity index (χ2v) is 4.07. The van der Waals surface area contributed by atoms with Gasteiger partial charge in [0.25, 0.3) is 5.88 Å². The number of nitriles is 1. The molecule has 0 amide bonds. The summed E-state index contributed by atoms with van der Waals surface area (Å²) in [6, 6.07) is 9.10. The first kappa shape index (κ1) is 12.7. The van der Waals surface area contributed by atoms with Crippen molar-refractivity contribution in [3.63, 3.8) is 0 Å². The van der Waals surface area contributed by atoms with Gasteiger partial charge in [-0.05, 0) is 12.1 Å². The third-order valence-electron chi connectivity index (χ3n) is 2.85. The lowest BCUT2D eigenvalue weighted by Gasteiger charge is -2.09. The van der Waals surface area contributed by atoms with Gasteiger partial charge in [-0.15, -0.1) is 0 Å². The molecule has 104 valence electrons. The number of nitrogens with zero attached hydrogens (tertiary/aromatic N) is 3. The van der Waals surface area contributed by atoms with Crippen molar-refractivity contribution in [2.24, 2.45) is 0 Å². The third kappa shape index (κ3) is 2.08. The zero-order chi connectivity index (χ0) is 14.8. The second kappa shape index (κ2) is 5.02. The Morgan fingerprint density at radius 3 is 2.81 bits per heavy atom. The van der Waals surface area contributed by atoms with Crippen molar-refractivity contribution in [3.05, 3.63) is 36.4 Å². The van der Waals surface area contributed by atoms with Gasteiger partial charge in [0.05, 0.1) is 12.5 Å². The fourth-order valence-corrected chi connectivity index (χ4v) is 1.93. The Kier molecular flexibility index (Phi) is 3.04. The van der Waals surface area contributed by atoms with Gasteiger partial charge < -0.3 is 19.6 Å². The molecule has 0 atom stereocenters. The van der Waals surface area contributed by atoms with Crippen LogP contribution in [-0.2, 0) is 0 Å². The van der Waals surface area contributed by atoms with Gasteiger partial charge in [-0.2, -0.15) is 10.2 Å². The molecule has 0 spiro atoms. The van der Waals surface area contributed by atoms with Gasteiger partial charge in [-0.25, -0.2) is 4.98 Å². The molecule has 2 aromatic heterocycles. The number of rotatable bonds is 3. The van der Waals surface area contributed by atoms with Crippen molar-refractivity contribution in [3.8, 4) is 23.4 Å². The summed E-state index contributed by atoms with van der Waals surface area (Å²) in [5.41, 5.74) is 6.25. The van der Waals surface area contributed by atoms with Crippen LogP contribution >= 0.6 is 0 Å². The minimum atomic E-state index is 0.0513. The molecule has 1 aromatic carbocycles. The molecule has 0 bridgehead atoms. The Hall–Kier alpha value is -3.27. The average molecular weight is 282 g/mol. The van der Waals surface area contributed by atoms with E-state index >= 15 is 0 Å². The van der Waals surface area contributed by atoms with Crippen molar-refractivity contribution in [2.75, 3.05) is 12.8 Å². The van der Waals surface area contributed by atoms with Crippen LogP contribution in [0.2, 0.25) is 0 Å². The van der Waals surface area contributed by atoms with Crippen molar-refractivity contribution in [2.45, 2.75) is 0 Å². The zero-order valence-electron chi connectivity index (χ0n) is 11.0. The molecule has 0 unspecified atom stereocenters. The number of aromatic nitrogens is 2. The molecule has 3 rings (SSSR count). The lowest BCUT2D eigenvalue weighted by Crippen LogP contribution is -2.00. The van der Waals surface area contributed by atoms with E-state index in [2.05, 4.69) is 9.97 Å². The predicted octanol–water partition coefficient (Wildman–Crippen LogP) is 2.48. The largest absolute Gasteiger partial charge is 0.489 e. The van der Waals surface area contributed by atoms with E-state index in [1.165, 1.54) is 13.4 Å². The highest BCUT2D eigenvalue weighted by Crippen LogP contribution is 2.39. The smallest absolute Gasteiger partial charge is 0.268 e. The number of hydrogen-bond acceptors (Lipinski definition) is 7. The average Bonchev–Trinajstić information content (AvgIpc) is 2.86. The standard InChI is InChI=1S/C14H10N4O3/c1-19-12-13(16)17-7-18-14(12)21-11-8-4-2-3-5-9(8)20-10(11)6-15/h2-5,7H,1H3,(H2,16,17,18). The highest BCUT2D eigenvalue weighted by atomic mass is 16.5. The molecule has 0 aliphatic carbocycles. The Balaban J connectivity index is 2.15. The maximum atomic E-state index is 9.17. The van der Waals surface area contributed by atoms with Crippen LogP contribution in [0.25, 0.3) is 11.0 Å². The minimum Gasteiger partial charge on any atom is -0.489 e. The van der Waals surface area contributed by atoms with Gasteiger partial charge in [0.15, 0.2) is 11.6 Å². The van der Waals surface area contributed by atoms with Gasteiger partial charge in [-0.3, -0.25) is 0 Å². The second-order valence-electron chi connectivity index (χ2n) is 4.07. The van der Waals surface area contributed by atoms with E-state index in [4.69, 9.17) is 24.9 Å². The monoisotopic (exact) mass is 282 g/mol. The molecule has 2 N–H and O–H groups in total. The van der Waals surface area contributed by atoms with Crippen molar-refractivity contribution < 1.29 is 13.9 Å². The highest BCUT2D eigenvalue weighted by molar-refractivity contribution is 5.86. The molecule has 0 aliphatic heterocycles. The SMILES string of the molecule is COc1c(N)ncnc1Oc1c(C#N)oc2ccccc12. The Bertz CT molecular complexity index is 851. The zero-order valence-corrected chi connectivity index (χ0v) is 11.0. The maximum Gasteiger partial charge on any atom is 0.268 e. The fourth-order valence-electron chi connectivity index (χ4n) is 1.93. The molecular weight excluding hydrogens is 272 g/mol. The van der Waals surface area contributed by atoms with Crippen molar-refractivity contribution in [1.29, 1.82) is 5.26 Å². The molecule has 0 radical (unpaired) electrons. The molecule has 3 aromatic rings. The van der Waals surface area contributed by atoms with Gasteiger partial charge in [0.1, 0.15) is 18.0 Å². The van der Waals surface area contributed by atoms with Crippen LogP contribution in [-0.4, -0.2) is 17.1 Å². The quantitative estimate of drug-likeness (QED) is 0.786. The summed E-state index contributed by atoms with van der Waals surface area (Å²) in [6.45, 7) is 0. The van der Waals surface area contributed by atoms with E-state index in [1.807, 2.05) is 12.1 Å². The normalized spacial score (nSPS) is 10.3. The van der Waals surface area contributed by atoms with Crippen molar-refractivity contribution >= 4 is 16.8 Å². The molecule has 7 nitrogen and oxygen atoms in total. The molecular formula is C14H10N4O3. The first-order valence-electron chi connectivity index (χ1n) is 5.98. The molecule has 0 fully saturated rings. The first-order valence-corrected chi connectivity index (χ1v) is 5.98. The third-order valence-corrected chi connectivity index (χ3v) is 2.85. The maximum absolute atomic E-state index is 9.17. The van der Waals surface area contributed by atoms with Crippen LogP contribution < -0.4 is 15.2 Å². The van der Waals surface area contributed by atoms with Crippen molar-refractivity contribution in [1.82, 2.24) is 9.97 Å².